The van der Waals surface area contributed by atoms with Gasteiger partial charge in [-0.1, -0.05) is 0 Å². The molecule has 2 rings (SSSR count). The second-order valence-corrected chi connectivity index (χ2v) is 7.13. The molecular formula is C10H14BrN3O3S. The molecule has 8 heteroatoms. The number of pyridine rings is 1. The molecule has 0 amide bonds. The van der Waals surface area contributed by atoms with Crippen LogP contribution >= 0.6 is 15.9 Å². The summed E-state index contributed by atoms with van der Waals surface area (Å²) in [5, 5.41) is 9.94. The Labute approximate surface area is 114 Å². The van der Waals surface area contributed by atoms with E-state index >= 15 is 0 Å². The van der Waals surface area contributed by atoms with Crippen LogP contribution in [0.3, 0.4) is 0 Å². The Hall–Kier alpha value is -0.540. The molecular weight excluding hydrogens is 322 g/mol. The highest BCUT2D eigenvalue weighted by atomic mass is 79.9. The van der Waals surface area contributed by atoms with E-state index < -0.39 is 15.6 Å². The minimum absolute atomic E-state index is 0.0174. The average Bonchev–Trinajstić information content (AvgIpc) is 2.74. The first-order chi connectivity index (χ1) is 8.37. The molecule has 1 aromatic heterocycles. The summed E-state index contributed by atoms with van der Waals surface area (Å²) >= 11 is 3.20. The van der Waals surface area contributed by atoms with Crippen LogP contribution in [0.2, 0.25) is 0 Å². The first-order valence-corrected chi connectivity index (χ1v) is 7.65. The molecule has 1 unspecified atom stereocenters. The van der Waals surface area contributed by atoms with Crippen LogP contribution in [0, 0.1) is 0 Å². The third-order valence-electron chi connectivity index (χ3n) is 2.98. The van der Waals surface area contributed by atoms with E-state index in [1.807, 2.05) is 0 Å². The highest BCUT2D eigenvalue weighted by Crippen LogP contribution is 2.26. The number of sulfonamides is 1. The topological polar surface area (TPSA) is 96.5 Å². The maximum Gasteiger partial charge on any atom is 0.260 e. The molecule has 1 atom stereocenters. The average molecular weight is 336 g/mol. The highest BCUT2D eigenvalue weighted by Gasteiger charge is 2.41. The number of aromatic nitrogens is 1. The van der Waals surface area contributed by atoms with Crippen molar-refractivity contribution in [3.05, 3.63) is 22.8 Å². The van der Waals surface area contributed by atoms with Crippen molar-refractivity contribution in [3.8, 4) is 0 Å². The van der Waals surface area contributed by atoms with Crippen LogP contribution in [0.25, 0.3) is 0 Å². The number of nitrogens with zero attached hydrogens (tertiary/aromatic N) is 2. The third-order valence-corrected chi connectivity index (χ3v) is 5.21. The SMILES string of the molecule is NCC1(O)CCN(S(=O)(=O)c2ccc(Br)cn2)C1. The second kappa shape index (κ2) is 4.86. The number of rotatable bonds is 3. The predicted molar refractivity (Wildman–Crippen MR) is 69.3 cm³/mol. The number of hydrogen-bond acceptors (Lipinski definition) is 5. The molecule has 0 bridgehead atoms. The van der Waals surface area contributed by atoms with E-state index in [0.717, 1.165) is 0 Å². The Bertz CT molecular complexity index is 534. The van der Waals surface area contributed by atoms with Crippen molar-refractivity contribution in [1.29, 1.82) is 0 Å². The zero-order valence-corrected chi connectivity index (χ0v) is 12.0. The fraction of sp³-hybridized carbons (Fsp3) is 0.500. The number of hydrogen-bond donors (Lipinski definition) is 2. The maximum absolute atomic E-state index is 12.2. The van der Waals surface area contributed by atoms with E-state index in [9.17, 15) is 13.5 Å². The van der Waals surface area contributed by atoms with Crippen molar-refractivity contribution in [1.82, 2.24) is 9.29 Å². The quantitative estimate of drug-likeness (QED) is 0.805. The van der Waals surface area contributed by atoms with Crippen molar-refractivity contribution < 1.29 is 13.5 Å². The monoisotopic (exact) mass is 335 g/mol. The minimum atomic E-state index is -3.65. The van der Waals surface area contributed by atoms with Gasteiger partial charge in [-0.2, -0.15) is 4.31 Å². The van der Waals surface area contributed by atoms with Crippen LogP contribution in [-0.4, -0.2) is 48.0 Å². The molecule has 6 nitrogen and oxygen atoms in total. The number of nitrogens with two attached hydrogens (primary N) is 1. The molecule has 1 aliphatic heterocycles. The minimum Gasteiger partial charge on any atom is -0.387 e. The molecule has 2 heterocycles. The van der Waals surface area contributed by atoms with Crippen LogP contribution < -0.4 is 5.73 Å². The molecule has 1 aliphatic rings. The van der Waals surface area contributed by atoms with E-state index in [1.54, 1.807) is 6.07 Å². The standard InChI is InChI=1S/C10H14BrN3O3S/c11-8-1-2-9(13-5-8)18(16,17)14-4-3-10(15,6-12)7-14/h1-2,5,15H,3-4,6-7,12H2. The van der Waals surface area contributed by atoms with Crippen molar-refractivity contribution in [2.75, 3.05) is 19.6 Å². The summed E-state index contributed by atoms with van der Waals surface area (Å²) in [6.45, 7) is 0.324. The lowest BCUT2D eigenvalue weighted by molar-refractivity contribution is 0.0651. The van der Waals surface area contributed by atoms with Gasteiger partial charge in [-0.3, -0.25) is 0 Å². The molecule has 0 spiro atoms. The van der Waals surface area contributed by atoms with Crippen molar-refractivity contribution in [3.63, 3.8) is 0 Å². The Morgan fingerprint density at radius 2 is 2.28 bits per heavy atom. The summed E-state index contributed by atoms with van der Waals surface area (Å²) in [4.78, 5) is 3.88. The number of β-amino-alcohol motifs (C(OH)–C–C–N with tert-alkyl or cyclic N) is 1. The molecule has 3 N–H and O–H groups in total. The Morgan fingerprint density at radius 3 is 2.78 bits per heavy atom. The molecule has 0 radical (unpaired) electrons. The van der Waals surface area contributed by atoms with Crippen molar-refractivity contribution in [2.45, 2.75) is 17.0 Å². The van der Waals surface area contributed by atoms with Gasteiger partial charge < -0.3 is 10.8 Å². The Kier molecular flexibility index (Phi) is 3.75. The molecule has 0 aliphatic carbocycles. The van der Waals surface area contributed by atoms with Crippen LogP contribution in [0.1, 0.15) is 6.42 Å². The van der Waals surface area contributed by atoms with Gasteiger partial charge in [-0.15, -0.1) is 0 Å². The maximum atomic E-state index is 12.2. The van der Waals surface area contributed by atoms with Gasteiger partial charge in [0, 0.05) is 30.3 Å². The molecule has 18 heavy (non-hydrogen) atoms. The molecule has 1 fully saturated rings. The zero-order chi connectivity index (χ0) is 13.4. The molecule has 1 saturated heterocycles. The summed E-state index contributed by atoms with van der Waals surface area (Å²) in [5.74, 6) is 0. The lowest BCUT2D eigenvalue weighted by Crippen LogP contribution is -2.41. The molecule has 0 saturated carbocycles. The van der Waals surface area contributed by atoms with Crippen LogP contribution in [0.4, 0.5) is 0 Å². The normalized spacial score (nSPS) is 25.5. The van der Waals surface area contributed by atoms with E-state index in [4.69, 9.17) is 5.73 Å². The van der Waals surface area contributed by atoms with E-state index in [-0.39, 0.29) is 24.7 Å². The van der Waals surface area contributed by atoms with Crippen molar-refractivity contribution >= 4 is 26.0 Å². The van der Waals surface area contributed by atoms with E-state index in [1.165, 1.54) is 16.6 Å². The molecule has 1 aromatic rings. The van der Waals surface area contributed by atoms with Gasteiger partial charge in [0.05, 0.1) is 5.60 Å². The summed E-state index contributed by atoms with van der Waals surface area (Å²) in [6.07, 6.45) is 1.78. The van der Waals surface area contributed by atoms with Gasteiger partial charge in [-0.25, -0.2) is 13.4 Å². The summed E-state index contributed by atoms with van der Waals surface area (Å²) in [7, 11) is -3.65. The zero-order valence-electron chi connectivity index (χ0n) is 9.58. The Morgan fingerprint density at radius 1 is 1.56 bits per heavy atom. The van der Waals surface area contributed by atoms with Crippen LogP contribution in [0.5, 0.6) is 0 Å². The summed E-state index contributed by atoms with van der Waals surface area (Å²) in [6, 6.07) is 3.05. The number of halogens is 1. The fourth-order valence-electron chi connectivity index (χ4n) is 1.84. The first kappa shape index (κ1) is 13.9. The predicted octanol–water partition coefficient (Wildman–Crippen LogP) is -0.0717. The van der Waals surface area contributed by atoms with Gasteiger partial charge in [0.25, 0.3) is 10.0 Å². The lowest BCUT2D eigenvalue weighted by atomic mass is 10.1. The Balaban J connectivity index is 2.25. The van der Waals surface area contributed by atoms with Gasteiger partial charge in [0.15, 0.2) is 5.03 Å². The largest absolute Gasteiger partial charge is 0.387 e. The molecule has 0 aromatic carbocycles. The summed E-state index contributed by atoms with van der Waals surface area (Å²) in [5.41, 5.74) is 4.32. The van der Waals surface area contributed by atoms with Gasteiger partial charge >= 0.3 is 0 Å². The van der Waals surface area contributed by atoms with E-state index in [0.29, 0.717) is 10.9 Å². The summed E-state index contributed by atoms with van der Waals surface area (Å²) < 4.78 is 26.4. The van der Waals surface area contributed by atoms with Crippen LogP contribution in [0.15, 0.2) is 27.8 Å². The van der Waals surface area contributed by atoms with Gasteiger partial charge in [0.2, 0.25) is 0 Å². The number of aliphatic hydroxyl groups is 1. The smallest absolute Gasteiger partial charge is 0.260 e. The lowest BCUT2D eigenvalue weighted by Gasteiger charge is -2.20. The van der Waals surface area contributed by atoms with Crippen molar-refractivity contribution in [2.24, 2.45) is 5.73 Å². The first-order valence-electron chi connectivity index (χ1n) is 5.42. The third kappa shape index (κ3) is 2.57. The van der Waals surface area contributed by atoms with Gasteiger partial charge in [0.1, 0.15) is 0 Å². The second-order valence-electron chi connectivity index (χ2n) is 4.33. The fourth-order valence-corrected chi connectivity index (χ4v) is 3.50. The highest BCUT2D eigenvalue weighted by molar-refractivity contribution is 9.10. The van der Waals surface area contributed by atoms with E-state index in [2.05, 4.69) is 20.9 Å². The van der Waals surface area contributed by atoms with Gasteiger partial charge in [-0.05, 0) is 34.5 Å². The molecule has 100 valence electrons. The van der Waals surface area contributed by atoms with Crippen LogP contribution in [-0.2, 0) is 10.0 Å².